The van der Waals surface area contributed by atoms with E-state index in [1.165, 1.54) is 33.9 Å². The standard InChI is InChI=1S/C21H27N3O5S3/c1-4-22-31(26,27)19-8-5-18(6-9-19)7-10-21(25)23-11-13-24(14-12-23)32(28,29)20-15-16(2)30-17(20)3/h5-10,15,22H,4,11-14H2,1-3H3/b10-7+. The minimum absolute atomic E-state index is 0.163. The summed E-state index contributed by atoms with van der Waals surface area (Å²) in [7, 11) is -7.08. The third kappa shape index (κ3) is 5.46. The molecule has 0 bridgehead atoms. The minimum atomic E-state index is -3.56. The molecular formula is C21H27N3O5S3. The highest BCUT2D eigenvalue weighted by molar-refractivity contribution is 7.89. The molecule has 0 unspecified atom stereocenters. The third-order valence-electron chi connectivity index (χ3n) is 5.11. The summed E-state index contributed by atoms with van der Waals surface area (Å²) in [6, 6.07) is 7.93. The third-order valence-corrected chi connectivity index (χ3v) is 9.79. The number of aryl methyl sites for hydroxylation is 2. The summed E-state index contributed by atoms with van der Waals surface area (Å²) in [4.78, 5) is 16.4. The highest BCUT2D eigenvalue weighted by atomic mass is 32.2. The maximum absolute atomic E-state index is 12.9. The van der Waals surface area contributed by atoms with E-state index < -0.39 is 20.0 Å². The molecule has 1 fully saturated rings. The van der Waals surface area contributed by atoms with Crippen LogP contribution in [-0.2, 0) is 24.8 Å². The molecule has 0 saturated carbocycles. The smallest absolute Gasteiger partial charge is 0.246 e. The molecule has 1 aliphatic heterocycles. The van der Waals surface area contributed by atoms with Crippen LogP contribution in [0.3, 0.4) is 0 Å². The van der Waals surface area contributed by atoms with Crippen molar-refractivity contribution < 1.29 is 21.6 Å². The Morgan fingerprint density at radius 2 is 1.69 bits per heavy atom. The van der Waals surface area contributed by atoms with Gasteiger partial charge in [-0.15, -0.1) is 11.3 Å². The second-order valence-electron chi connectivity index (χ2n) is 7.41. The van der Waals surface area contributed by atoms with Gasteiger partial charge < -0.3 is 4.90 Å². The van der Waals surface area contributed by atoms with Gasteiger partial charge in [-0.2, -0.15) is 4.31 Å². The van der Waals surface area contributed by atoms with E-state index in [1.54, 1.807) is 43.0 Å². The number of nitrogens with zero attached hydrogens (tertiary/aromatic N) is 2. The Labute approximate surface area is 193 Å². The van der Waals surface area contributed by atoms with Crippen LogP contribution in [0.2, 0.25) is 0 Å². The number of hydrogen-bond acceptors (Lipinski definition) is 6. The number of carbonyl (C=O) groups excluding carboxylic acids is 1. The topological polar surface area (TPSA) is 104 Å². The lowest BCUT2D eigenvalue weighted by Crippen LogP contribution is -2.50. The van der Waals surface area contributed by atoms with Crippen molar-refractivity contribution in [3.63, 3.8) is 0 Å². The molecule has 1 amide bonds. The molecule has 32 heavy (non-hydrogen) atoms. The normalized spacial score (nSPS) is 16.0. The Kier molecular flexibility index (Phi) is 7.56. The van der Waals surface area contributed by atoms with Crippen LogP contribution < -0.4 is 4.72 Å². The Balaban J connectivity index is 1.60. The van der Waals surface area contributed by atoms with Gasteiger partial charge in [0.1, 0.15) is 0 Å². The fourth-order valence-corrected chi connectivity index (χ4v) is 7.44. The summed E-state index contributed by atoms with van der Waals surface area (Å²) in [5.74, 6) is -0.214. The first-order valence-electron chi connectivity index (χ1n) is 10.2. The fourth-order valence-electron chi connectivity index (χ4n) is 3.46. The summed E-state index contributed by atoms with van der Waals surface area (Å²) >= 11 is 1.46. The zero-order valence-electron chi connectivity index (χ0n) is 18.2. The zero-order valence-corrected chi connectivity index (χ0v) is 20.7. The van der Waals surface area contributed by atoms with Crippen LogP contribution in [0.1, 0.15) is 22.2 Å². The molecule has 1 saturated heterocycles. The van der Waals surface area contributed by atoms with Crippen molar-refractivity contribution in [2.75, 3.05) is 32.7 Å². The highest BCUT2D eigenvalue weighted by Crippen LogP contribution is 2.28. The number of sulfonamides is 2. The maximum atomic E-state index is 12.9. The van der Waals surface area contributed by atoms with E-state index >= 15 is 0 Å². The molecule has 2 aromatic rings. The predicted molar refractivity (Wildman–Crippen MR) is 125 cm³/mol. The van der Waals surface area contributed by atoms with Crippen LogP contribution >= 0.6 is 11.3 Å². The molecule has 8 nitrogen and oxygen atoms in total. The molecule has 0 radical (unpaired) electrons. The van der Waals surface area contributed by atoms with Crippen LogP contribution in [0.25, 0.3) is 6.08 Å². The van der Waals surface area contributed by atoms with Gasteiger partial charge in [-0.1, -0.05) is 19.1 Å². The fraction of sp³-hybridized carbons (Fsp3) is 0.381. The number of rotatable bonds is 7. The summed E-state index contributed by atoms with van der Waals surface area (Å²) in [6.45, 7) is 6.81. The van der Waals surface area contributed by atoms with Crippen molar-refractivity contribution in [1.82, 2.24) is 13.9 Å². The lowest BCUT2D eigenvalue weighted by atomic mass is 10.2. The average Bonchev–Trinajstić information content (AvgIpc) is 3.11. The number of nitrogens with one attached hydrogen (secondary N) is 1. The molecule has 1 N–H and O–H groups in total. The van der Waals surface area contributed by atoms with Gasteiger partial charge in [0.25, 0.3) is 0 Å². The Morgan fingerprint density at radius 3 is 2.22 bits per heavy atom. The second kappa shape index (κ2) is 9.84. The monoisotopic (exact) mass is 497 g/mol. The molecule has 1 aromatic heterocycles. The van der Waals surface area contributed by atoms with Gasteiger partial charge in [0.15, 0.2) is 0 Å². The molecule has 11 heteroatoms. The maximum Gasteiger partial charge on any atom is 0.246 e. The summed E-state index contributed by atoms with van der Waals surface area (Å²) in [5, 5.41) is 0. The first-order chi connectivity index (χ1) is 15.0. The molecule has 0 spiro atoms. The van der Waals surface area contributed by atoms with Gasteiger partial charge in [0.05, 0.1) is 9.79 Å². The summed E-state index contributed by atoms with van der Waals surface area (Å²) in [5.41, 5.74) is 0.693. The lowest BCUT2D eigenvalue weighted by molar-refractivity contribution is -0.127. The Bertz CT molecular complexity index is 1210. The molecule has 1 aromatic carbocycles. The van der Waals surface area contributed by atoms with Gasteiger partial charge in [0, 0.05) is 48.6 Å². The Hall–Kier alpha value is -2.05. The number of carbonyl (C=O) groups is 1. The molecule has 174 valence electrons. The number of hydrogen-bond donors (Lipinski definition) is 1. The number of amides is 1. The van der Waals surface area contributed by atoms with E-state index in [9.17, 15) is 21.6 Å². The summed E-state index contributed by atoms with van der Waals surface area (Å²) in [6.07, 6.45) is 3.04. The second-order valence-corrected chi connectivity index (χ2v) is 12.5. The molecule has 1 aliphatic rings. The molecule has 3 rings (SSSR count). The summed E-state index contributed by atoms with van der Waals surface area (Å²) < 4.78 is 53.7. The SMILES string of the molecule is CCNS(=O)(=O)c1ccc(/C=C/C(=O)N2CCN(S(=O)(=O)c3cc(C)sc3C)CC2)cc1. The van der Waals surface area contributed by atoms with Crippen LogP contribution in [0.5, 0.6) is 0 Å². The predicted octanol–water partition coefficient (Wildman–Crippen LogP) is 2.21. The van der Waals surface area contributed by atoms with E-state index in [0.29, 0.717) is 30.1 Å². The highest BCUT2D eigenvalue weighted by Gasteiger charge is 2.31. The van der Waals surface area contributed by atoms with Gasteiger partial charge in [0.2, 0.25) is 26.0 Å². The zero-order chi connectivity index (χ0) is 23.5. The quantitative estimate of drug-likeness (QED) is 0.591. The van der Waals surface area contributed by atoms with E-state index in [4.69, 9.17) is 0 Å². The average molecular weight is 498 g/mol. The molecule has 0 aliphatic carbocycles. The number of piperazine rings is 1. The van der Waals surface area contributed by atoms with E-state index in [-0.39, 0.29) is 23.9 Å². The van der Waals surface area contributed by atoms with Crippen molar-refractivity contribution in [2.45, 2.75) is 30.6 Å². The van der Waals surface area contributed by atoms with Gasteiger partial charge in [-0.3, -0.25) is 4.79 Å². The lowest BCUT2D eigenvalue weighted by Gasteiger charge is -2.33. The van der Waals surface area contributed by atoms with Crippen molar-refractivity contribution in [2.24, 2.45) is 0 Å². The van der Waals surface area contributed by atoms with Crippen LogP contribution in [-0.4, -0.2) is 64.7 Å². The number of benzene rings is 1. The molecule has 2 heterocycles. The van der Waals surface area contributed by atoms with E-state index in [0.717, 1.165) is 9.75 Å². The van der Waals surface area contributed by atoms with Gasteiger partial charge in [-0.25, -0.2) is 21.6 Å². The number of thiophene rings is 1. The van der Waals surface area contributed by atoms with Crippen LogP contribution in [0, 0.1) is 13.8 Å². The first-order valence-corrected chi connectivity index (χ1v) is 13.9. The molecule has 0 atom stereocenters. The largest absolute Gasteiger partial charge is 0.337 e. The van der Waals surface area contributed by atoms with Crippen molar-refractivity contribution in [3.8, 4) is 0 Å². The molecular weight excluding hydrogens is 470 g/mol. The van der Waals surface area contributed by atoms with E-state index in [1.807, 2.05) is 6.92 Å². The Morgan fingerprint density at radius 1 is 1.06 bits per heavy atom. The van der Waals surface area contributed by atoms with Gasteiger partial charge >= 0.3 is 0 Å². The van der Waals surface area contributed by atoms with Crippen molar-refractivity contribution in [3.05, 3.63) is 51.7 Å². The van der Waals surface area contributed by atoms with Crippen LogP contribution in [0.4, 0.5) is 0 Å². The van der Waals surface area contributed by atoms with Gasteiger partial charge in [-0.05, 0) is 43.7 Å². The van der Waals surface area contributed by atoms with Crippen LogP contribution in [0.15, 0.2) is 46.2 Å². The van der Waals surface area contributed by atoms with Crippen molar-refractivity contribution >= 4 is 43.4 Å². The van der Waals surface area contributed by atoms with Crippen molar-refractivity contribution in [1.29, 1.82) is 0 Å². The van der Waals surface area contributed by atoms with E-state index in [2.05, 4.69) is 4.72 Å². The first kappa shape index (κ1) is 24.6. The minimum Gasteiger partial charge on any atom is -0.337 e.